The molecule has 0 aromatic heterocycles. The summed E-state index contributed by atoms with van der Waals surface area (Å²) in [6.45, 7) is 1.76. The van der Waals surface area contributed by atoms with Gasteiger partial charge in [-0.1, -0.05) is 31.0 Å². The fraction of sp³-hybridized carbons (Fsp3) is 0.250. The van der Waals surface area contributed by atoms with Crippen molar-refractivity contribution in [1.29, 1.82) is 0 Å². The molecule has 0 unspecified atom stereocenters. The van der Waals surface area contributed by atoms with Crippen LogP contribution in [0.5, 0.6) is 0 Å². The van der Waals surface area contributed by atoms with Gasteiger partial charge in [-0.3, -0.25) is 10.1 Å². The van der Waals surface area contributed by atoms with Gasteiger partial charge in [-0.05, 0) is 11.6 Å². The van der Waals surface area contributed by atoms with E-state index in [9.17, 15) is 4.79 Å². The Hall–Kier alpha value is -1.79. The van der Waals surface area contributed by atoms with Crippen LogP contribution in [0.4, 0.5) is 0 Å². The topological polar surface area (TPSA) is 49.3 Å². The Morgan fingerprint density at radius 2 is 2.20 bits per heavy atom. The lowest BCUT2D eigenvalue weighted by Crippen LogP contribution is -2.19. The number of aliphatic hydroxyl groups is 1. The van der Waals surface area contributed by atoms with E-state index in [2.05, 4.69) is 17.3 Å². The lowest BCUT2D eigenvalue weighted by molar-refractivity contribution is 0.0970. The SMILES string of the molecule is CCC#CNC(=O)c1ccccc1CO. The largest absolute Gasteiger partial charge is 0.392 e. The average Bonchev–Trinajstić information content (AvgIpc) is 2.29. The predicted molar refractivity (Wildman–Crippen MR) is 57.9 cm³/mol. The summed E-state index contributed by atoms with van der Waals surface area (Å²) in [4.78, 5) is 11.6. The molecule has 0 radical (unpaired) electrons. The molecule has 0 atom stereocenters. The second-order valence-electron chi connectivity index (χ2n) is 2.92. The van der Waals surface area contributed by atoms with Gasteiger partial charge in [0, 0.05) is 18.0 Å². The van der Waals surface area contributed by atoms with Crippen LogP contribution in [0.25, 0.3) is 0 Å². The third kappa shape index (κ3) is 3.12. The van der Waals surface area contributed by atoms with Crippen molar-refractivity contribution in [3.63, 3.8) is 0 Å². The van der Waals surface area contributed by atoms with Gasteiger partial charge in [-0.15, -0.1) is 0 Å². The molecule has 1 aromatic rings. The number of nitrogens with one attached hydrogen (secondary N) is 1. The lowest BCUT2D eigenvalue weighted by Gasteiger charge is -2.03. The standard InChI is InChI=1S/C12H13NO2/c1-2-3-8-13-12(15)11-7-5-4-6-10(11)9-14/h4-7,14H,2,9H2,1H3,(H,13,15). The average molecular weight is 203 g/mol. The van der Waals surface area contributed by atoms with E-state index in [0.717, 1.165) is 0 Å². The molecular weight excluding hydrogens is 190 g/mol. The Balaban J connectivity index is 2.81. The Bertz CT molecular complexity index is 402. The number of hydrogen-bond donors (Lipinski definition) is 2. The van der Waals surface area contributed by atoms with E-state index in [0.29, 0.717) is 17.5 Å². The van der Waals surface area contributed by atoms with Crippen molar-refractivity contribution in [2.75, 3.05) is 0 Å². The molecule has 78 valence electrons. The molecule has 0 bridgehead atoms. The van der Waals surface area contributed by atoms with Crippen LogP contribution in [0.3, 0.4) is 0 Å². The maximum atomic E-state index is 11.6. The van der Waals surface area contributed by atoms with E-state index in [4.69, 9.17) is 5.11 Å². The van der Waals surface area contributed by atoms with Crippen LogP contribution in [0.15, 0.2) is 24.3 Å². The highest BCUT2D eigenvalue weighted by atomic mass is 16.3. The maximum Gasteiger partial charge on any atom is 0.263 e. The number of benzene rings is 1. The van der Waals surface area contributed by atoms with Crippen LogP contribution in [-0.4, -0.2) is 11.0 Å². The number of carbonyl (C=O) groups excluding carboxylic acids is 1. The summed E-state index contributed by atoms with van der Waals surface area (Å²) in [5.41, 5.74) is 1.07. The predicted octanol–water partition coefficient (Wildman–Crippen LogP) is 1.28. The van der Waals surface area contributed by atoms with Crippen molar-refractivity contribution in [1.82, 2.24) is 5.32 Å². The molecule has 0 aliphatic heterocycles. The highest BCUT2D eigenvalue weighted by molar-refractivity contribution is 5.96. The zero-order valence-corrected chi connectivity index (χ0v) is 8.58. The smallest absolute Gasteiger partial charge is 0.263 e. The van der Waals surface area contributed by atoms with E-state index in [1.807, 2.05) is 6.92 Å². The van der Waals surface area contributed by atoms with Gasteiger partial charge >= 0.3 is 0 Å². The van der Waals surface area contributed by atoms with Crippen LogP contribution < -0.4 is 5.32 Å². The van der Waals surface area contributed by atoms with E-state index in [1.165, 1.54) is 0 Å². The summed E-state index contributed by atoms with van der Waals surface area (Å²) in [5, 5.41) is 11.5. The van der Waals surface area contributed by atoms with Crippen molar-refractivity contribution in [3.8, 4) is 12.0 Å². The summed E-state index contributed by atoms with van der Waals surface area (Å²) in [6, 6.07) is 9.45. The molecule has 1 aromatic carbocycles. The Kier molecular flexibility index (Phi) is 4.39. The normalized spacial score (nSPS) is 8.93. The quantitative estimate of drug-likeness (QED) is 0.562. The highest BCUT2D eigenvalue weighted by Gasteiger charge is 2.07. The molecule has 0 aliphatic carbocycles. The first-order valence-corrected chi connectivity index (χ1v) is 4.76. The molecule has 0 spiro atoms. The van der Waals surface area contributed by atoms with Crippen molar-refractivity contribution in [2.45, 2.75) is 20.0 Å². The van der Waals surface area contributed by atoms with E-state index in [1.54, 1.807) is 24.3 Å². The van der Waals surface area contributed by atoms with Gasteiger partial charge in [0.2, 0.25) is 0 Å². The molecular formula is C12H13NO2. The third-order valence-electron chi connectivity index (χ3n) is 1.87. The Morgan fingerprint density at radius 1 is 1.47 bits per heavy atom. The number of rotatable bonds is 2. The van der Waals surface area contributed by atoms with E-state index in [-0.39, 0.29) is 12.5 Å². The number of hydrogen-bond acceptors (Lipinski definition) is 2. The maximum absolute atomic E-state index is 11.6. The minimum absolute atomic E-state index is 0.148. The molecule has 2 N–H and O–H groups in total. The first-order chi connectivity index (χ1) is 7.29. The monoisotopic (exact) mass is 203 g/mol. The van der Waals surface area contributed by atoms with Crippen molar-refractivity contribution in [3.05, 3.63) is 35.4 Å². The summed E-state index contributed by atoms with van der Waals surface area (Å²) in [7, 11) is 0. The molecule has 0 heterocycles. The Labute approximate surface area is 89.1 Å². The van der Waals surface area contributed by atoms with Gasteiger partial charge in [-0.2, -0.15) is 0 Å². The van der Waals surface area contributed by atoms with Crippen LogP contribution >= 0.6 is 0 Å². The molecule has 3 heteroatoms. The van der Waals surface area contributed by atoms with Gasteiger partial charge in [0.25, 0.3) is 5.91 Å². The zero-order chi connectivity index (χ0) is 11.1. The zero-order valence-electron chi connectivity index (χ0n) is 8.58. The second kappa shape index (κ2) is 5.84. The molecule has 1 amide bonds. The van der Waals surface area contributed by atoms with Crippen LogP contribution in [0, 0.1) is 12.0 Å². The lowest BCUT2D eigenvalue weighted by atomic mass is 10.1. The summed E-state index contributed by atoms with van der Waals surface area (Å²) < 4.78 is 0. The summed E-state index contributed by atoms with van der Waals surface area (Å²) >= 11 is 0. The molecule has 0 saturated heterocycles. The highest BCUT2D eigenvalue weighted by Crippen LogP contribution is 2.07. The number of amides is 1. The van der Waals surface area contributed by atoms with Crippen molar-refractivity contribution in [2.24, 2.45) is 0 Å². The molecule has 0 saturated carbocycles. The van der Waals surface area contributed by atoms with Crippen molar-refractivity contribution < 1.29 is 9.90 Å². The van der Waals surface area contributed by atoms with Gasteiger partial charge in [-0.25, -0.2) is 0 Å². The van der Waals surface area contributed by atoms with E-state index < -0.39 is 0 Å². The minimum atomic E-state index is -0.277. The van der Waals surface area contributed by atoms with Gasteiger partial charge in [0.1, 0.15) is 0 Å². The summed E-state index contributed by atoms with van der Waals surface area (Å²) in [5.74, 6) is 2.46. The van der Waals surface area contributed by atoms with Gasteiger partial charge in [0.15, 0.2) is 0 Å². The van der Waals surface area contributed by atoms with Crippen LogP contribution in [-0.2, 0) is 6.61 Å². The molecule has 0 aliphatic rings. The molecule has 3 nitrogen and oxygen atoms in total. The minimum Gasteiger partial charge on any atom is -0.392 e. The molecule has 0 fully saturated rings. The number of aliphatic hydroxyl groups excluding tert-OH is 1. The Morgan fingerprint density at radius 3 is 2.87 bits per heavy atom. The van der Waals surface area contributed by atoms with Gasteiger partial charge in [0.05, 0.1) is 6.61 Å². The van der Waals surface area contributed by atoms with Crippen LogP contribution in [0.2, 0.25) is 0 Å². The van der Waals surface area contributed by atoms with Gasteiger partial charge < -0.3 is 5.11 Å². The third-order valence-corrected chi connectivity index (χ3v) is 1.87. The fourth-order valence-corrected chi connectivity index (χ4v) is 1.14. The molecule has 15 heavy (non-hydrogen) atoms. The van der Waals surface area contributed by atoms with E-state index >= 15 is 0 Å². The van der Waals surface area contributed by atoms with Crippen molar-refractivity contribution >= 4 is 5.91 Å². The fourth-order valence-electron chi connectivity index (χ4n) is 1.14. The first kappa shape index (κ1) is 11.3. The first-order valence-electron chi connectivity index (χ1n) is 4.76. The summed E-state index contributed by atoms with van der Waals surface area (Å²) in [6.07, 6.45) is 0.696. The number of carbonyl (C=O) groups is 1. The molecule has 1 rings (SSSR count). The van der Waals surface area contributed by atoms with Crippen LogP contribution in [0.1, 0.15) is 29.3 Å². The second-order valence-corrected chi connectivity index (χ2v) is 2.92.